The van der Waals surface area contributed by atoms with Crippen molar-refractivity contribution in [3.63, 3.8) is 0 Å². The Morgan fingerprint density at radius 2 is 0.918 bits per heavy atom. The van der Waals surface area contributed by atoms with Gasteiger partial charge in [0.25, 0.3) is 0 Å². The second-order valence-electron chi connectivity index (χ2n) is 12.7. The zero-order valence-corrected chi connectivity index (χ0v) is 27.4. The van der Waals surface area contributed by atoms with Crippen molar-refractivity contribution < 1.29 is 0 Å². The van der Waals surface area contributed by atoms with Crippen molar-refractivity contribution in [1.29, 1.82) is 0 Å². The van der Waals surface area contributed by atoms with E-state index in [1.807, 2.05) is 11.3 Å². The molecule has 0 fully saturated rings. The van der Waals surface area contributed by atoms with Gasteiger partial charge in [0.1, 0.15) is 0 Å². The highest BCUT2D eigenvalue weighted by Gasteiger charge is 2.18. The molecule has 10 rings (SSSR count). The van der Waals surface area contributed by atoms with Gasteiger partial charge in [-0.25, -0.2) is 0 Å². The third-order valence-electron chi connectivity index (χ3n) is 9.90. The highest BCUT2D eigenvalue weighted by Crippen LogP contribution is 2.45. The fraction of sp³-hybridized carbons (Fsp3) is 0. The van der Waals surface area contributed by atoms with E-state index < -0.39 is 0 Å². The van der Waals surface area contributed by atoms with Crippen LogP contribution < -0.4 is 0 Å². The number of aromatic nitrogens is 1. The molecule has 0 saturated heterocycles. The quantitative estimate of drug-likeness (QED) is 0.175. The van der Waals surface area contributed by atoms with Crippen LogP contribution in [0.15, 0.2) is 176 Å². The van der Waals surface area contributed by atoms with Crippen LogP contribution in [0.3, 0.4) is 0 Å². The maximum Gasteiger partial charge on any atom is 0.0709 e. The van der Waals surface area contributed by atoms with E-state index in [0.717, 1.165) is 11.3 Å². The summed E-state index contributed by atoms with van der Waals surface area (Å²) in [6, 6.07) is 61.6. The molecule has 0 aliphatic heterocycles. The van der Waals surface area contributed by atoms with Gasteiger partial charge >= 0.3 is 0 Å². The monoisotopic (exact) mass is 639 g/mol. The van der Waals surface area contributed by atoms with E-state index in [0.29, 0.717) is 0 Å². The first-order chi connectivity index (χ1) is 24.3. The maximum atomic E-state index is 5.16. The Morgan fingerprint density at radius 1 is 0.367 bits per heavy atom. The first-order valence-corrected chi connectivity index (χ1v) is 17.5. The fourth-order valence-electron chi connectivity index (χ4n) is 7.64. The van der Waals surface area contributed by atoms with Gasteiger partial charge in [0, 0.05) is 37.5 Å². The lowest BCUT2D eigenvalue weighted by atomic mass is 9.86. The summed E-state index contributed by atoms with van der Waals surface area (Å²) in [7, 11) is 0. The molecule has 0 atom stereocenters. The lowest BCUT2D eigenvalue weighted by Crippen LogP contribution is -1.92. The molecule has 1 nitrogen and oxygen atoms in total. The fourth-order valence-corrected chi connectivity index (χ4v) is 8.80. The minimum atomic E-state index is 0.992. The summed E-state index contributed by atoms with van der Waals surface area (Å²) in [6.07, 6.45) is 2.07. The van der Waals surface area contributed by atoms with Gasteiger partial charge in [-0.1, -0.05) is 146 Å². The van der Waals surface area contributed by atoms with Crippen molar-refractivity contribution >= 4 is 63.8 Å². The van der Waals surface area contributed by atoms with E-state index in [2.05, 4.69) is 176 Å². The van der Waals surface area contributed by atoms with Crippen molar-refractivity contribution in [2.24, 2.45) is 0 Å². The highest BCUT2D eigenvalue weighted by atomic mass is 32.1. The number of thiophene rings is 1. The second kappa shape index (κ2) is 11.3. The summed E-state index contributed by atoms with van der Waals surface area (Å²) in [5, 5.41) is 10.1. The Morgan fingerprint density at radius 3 is 1.57 bits per heavy atom. The topological polar surface area (TPSA) is 12.9 Å². The van der Waals surface area contributed by atoms with Crippen LogP contribution in [0.1, 0.15) is 0 Å². The zero-order valence-electron chi connectivity index (χ0n) is 26.6. The molecule has 2 aromatic heterocycles. The molecule has 0 radical (unpaired) electrons. The first-order valence-electron chi connectivity index (χ1n) is 16.7. The summed E-state index contributed by atoms with van der Waals surface area (Å²) in [4.78, 5) is 5.16. The lowest BCUT2D eigenvalue weighted by Gasteiger charge is -2.18. The van der Waals surface area contributed by atoms with Crippen molar-refractivity contribution in [3.05, 3.63) is 176 Å². The SMILES string of the molecule is c1ccc(-c2ccc(-c3c4ccccc4c(-c4ccc(-c5cccc6sc7cc8ccccc8cc7c56)nc4)c4ccccc34)cc2)cc1. The number of pyridine rings is 1. The highest BCUT2D eigenvalue weighted by molar-refractivity contribution is 7.26. The Hall–Kier alpha value is -6.09. The van der Waals surface area contributed by atoms with Gasteiger partial charge in [0.15, 0.2) is 0 Å². The van der Waals surface area contributed by atoms with Gasteiger partial charge in [-0.2, -0.15) is 0 Å². The van der Waals surface area contributed by atoms with E-state index >= 15 is 0 Å². The van der Waals surface area contributed by atoms with Crippen LogP contribution in [0.5, 0.6) is 0 Å². The van der Waals surface area contributed by atoms with E-state index in [9.17, 15) is 0 Å². The van der Waals surface area contributed by atoms with Crippen LogP contribution in [0.2, 0.25) is 0 Å². The molecular weight excluding hydrogens is 611 g/mol. The second-order valence-corrected chi connectivity index (χ2v) is 13.8. The summed E-state index contributed by atoms with van der Waals surface area (Å²) in [5.41, 5.74) is 9.45. The molecule has 49 heavy (non-hydrogen) atoms. The Labute approximate surface area is 288 Å². The van der Waals surface area contributed by atoms with Gasteiger partial charge in [0.05, 0.1) is 5.69 Å². The zero-order chi connectivity index (χ0) is 32.3. The maximum absolute atomic E-state index is 5.16. The molecular formula is C47H29NS. The molecule has 0 unspecified atom stereocenters. The van der Waals surface area contributed by atoms with Gasteiger partial charge < -0.3 is 0 Å². The molecule has 0 spiro atoms. The Bertz CT molecular complexity index is 2790. The van der Waals surface area contributed by atoms with E-state index in [4.69, 9.17) is 4.98 Å². The van der Waals surface area contributed by atoms with Crippen molar-refractivity contribution in [3.8, 4) is 44.6 Å². The third kappa shape index (κ3) is 4.57. The number of benzene rings is 8. The van der Waals surface area contributed by atoms with Crippen molar-refractivity contribution in [2.75, 3.05) is 0 Å². The van der Waals surface area contributed by atoms with Crippen LogP contribution in [-0.4, -0.2) is 4.98 Å². The lowest BCUT2D eigenvalue weighted by molar-refractivity contribution is 1.34. The molecule has 0 aliphatic rings. The van der Waals surface area contributed by atoms with Gasteiger partial charge in [-0.05, 0) is 84.4 Å². The Balaban J connectivity index is 1.13. The molecule has 228 valence electrons. The van der Waals surface area contributed by atoms with E-state index in [-0.39, 0.29) is 0 Å². The summed E-state index contributed by atoms with van der Waals surface area (Å²) < 4.78 is 2.60. The minimum absolute atomic E-state index is 0.992. The van der Waals surface area contributed by atoms with Crippen LogP contribution in [-0.2, 0) is 0 Å². The van der Waals surface area contributed by atoms with Crippen LogP contribution in [0.4, 0.5) is 0 Å². The molecule has 0 saturated carbocycles. The number of rotatable bonds is 4. The van der Waals surface area contributed by atoms with Crippen LogP contribution >= 0.6 is 11.3 Å². The summed E-state index contributed by atoms with van der Waals surface area (Å²) in [5.74, 6) is 0. The molecule has 0 bridgehead atoms. The average molecular weight is 640 g/mol. The normalized spacial score (nSPS) is 11.7. The minimum Gasteiger partial charge on any atom is -0.256 e. The predicted octanol–water partition coefficient (Wildman–Crippen LogP) is 13.6. The average Bonchev–Trinajstić information content (AvgIpc) is 3.54. The Kier molecular flexibility index (Phi) is 6.43. The van der Waals surface area contributed by atoms with E-state index in [1.54, 1.807) is 0 Å². The molecule has 0 aliphatic carbocycles. The molecule has 2 heterocycles. The number of fused-ring (bicyclic) bond motifs is 6. The number of nitrogens with zero attached hydrogens (tertiary/aromatic N) is 1. The molecule has 10 aromatic rings. The number of hydrogen-bond acceptors (Lipinski definition) is 2. The van der Waals surface area contributed by atoms with Crippen LogP contribution in [0, 0.1) is 0 Å². The number of hydrogen-bond donors (Lipinski definition) is 0. The van der Waals surface area contributed by atoms with Crippen molar-refractivity contribution in [2.45, 2.75) is 0 Å². The van der Waals surface area contributed by atoms with E-state index in [1.165, 1.54) is 85.9 Å². The summed E-state index contributed by atoms with van der Waals surface area (Å²) in [6.45, 7) is 0. The first kappa shape index (κ1) is 28.0. The predicted molar refractivity (Wildman–Crippen MR) is 211 cm³/mol. The van der Waals surface area contributed by atoms with Crippen LogP contribution in [0.25, 0.3) is 97.1 Å². The standard InChI is InChI=1S/C47H29NS/c1-2-11-30(12-3-1)31-21-23-32(24-22-31)45-36-15-6-8-17-38(36)46(39-18-9-7-16-37(39)45)35-25-26-42(48-29-35)40-19-10-20-43-47(40)41-27-33-13-4-5-14-34(33)28-44(41)49-43/h1-29H. The van der Waals surface area contributed by atoms with Gasteiger partial charge in [-0.15, -0.1) is 11.3 Å². The summed E-state index contributed by atoms with van der Waals surface area (Å²) >= 11 is 1.86. The largest absolute Gasteiger partial charge is 0.256 e. The smallest absolute Gasteiger partial charge is 0.0709 e. The molecule has 0 amide bonds. The van der Waals surface area contributed by atoms with Gasteiger partial charge in [-0.3, -0.25) is 4.98 Å². The molecule has 0 N–H and O–H groups in total. The third-order valence-corrected chi connectivity index (χ3v) is 11.0. The van der Waals surface area contributed by atoms with Gasteiger partial charge in [0.2, 0.25) is 0 Å². The van der Waals surface area contributed by atoms with Crippen molar-refractivity contribution in [1.82, 2.24) is 4.98 Å². The molecule has 8 aromatic carbocycles. The molecule has 2 heteroatoms.